The quantitative estimate of drug-likeness (QED) is 0.567. The average Bonchev–Trinajstić information content (AvgIpc) is 2.60. The van der Waals surface area contributed by atoms with Crippen LogP contribution in [0.25, 0.3) is 10.8 Å². The van der Waals surface area contributed by atoms with E-state index in [2.05, 4.69) is 61.2 Å². The van der Waals surface area contributed by atoms with E-state index in [0.29, 0.717) is 0 Å². The first kappa shape index (κ1) is 18.3. The Morgan fingerprint density at radius 2 is 1.60 bits per heavy atom. The summed E-state index contributed by atoms with van der Waals surface area (Å²) >= 11 is 0. The summed E-state index contributed by atoms with van der Waals surface area (Å²) in [5.41, 5.74) is 0. The minimum Gasteiger partial charge on any atom is -0.493 e. The second-order valence-corrected chi connectivity index (χ2v) is 7.95. The van der Waals surface area contributed by atoms with Crippen molar-refractivity contribution >= 4 is 10.8 Å². The number of nitrogens with zero attached hydrogens (tertiary/aromatic N) is 1. The molecule has 1 heterocycles. The van der Waals surface area contributed by atoms with Crippen molar-refractivity contribution in [2.75, 3.05) is 26.2 Å². The number of hydrogen-bond donors (Lipinski definition) is 0. The molecule has 2 atom stereocenters. The number of rotatable bonds is 8. The smallest absolute Gasteiger partial charge is 0.127 e. The fourth-order valence-electron chi connectivity index (χ4n) is 4.27. The van der Waals surface area contributed by atoms with Crippen molar-refractivity contribution in [2.24, 2.45) is 11.8 Å². The van der Waals surface area contributed by atoms with Gasteiger partial charge in [0.15, 0.2) is 0 Å². The number of likely N-dealkylation sites (tertiary alicyclic amines) is 1. The van der Waals surface area contributed by atoms with E-state index in [1.54, 1.807) is 0 Å². The predicted octanol–water partition coefficient (Wildman–Crippen LogP) is 5.76. The zero-order chi connectivity index (χ0) is 17.5. The van der Waals surface area contributed by atoms with Gasteiger partial charge < -0.3 is 9.64 Å². The van der Waals surface area contributed by atoms with E-state index in [0.717, 1.165) is 30.6 Å². The Labute approximate surface area is 153 Å². The molecule has 2 aromatic rings. The van der Waals surface area contributed by atoms with Gasteiger partial charge in [0.1, 0.15) is 5.75 Å². The summed E-state index contributed by atoms with van der Waals surface area (Å²) in [6, 6.07) is 14.8. The maximum atomic E-state index is 6.03. The fraction of sp³-hybridized carbons (Fsp3) is 0.565. The van der Waals surface area contributed by atoms with Crippen LogP contribution < -0.4 is 4.74 Å². The minimum absolute atomic E-state index is 0.825. The molecule has 25 heavy (non-hydrogen) atoms. The van der Waals surface area contributed by atoms with E-state index < -0.39 is 0 Å². The number of hydrogen-bond acceptors (Lipinski definition) is 2. The molecule has 1 aliphatic rings. The van der Waals surface area contributed by atoms with Gasteiger partial charge in [0.2, 0.25) is 0 Å². The van der Waals surface area contributed by atoms with Crippen molar-refractivity contribution in [1.29, 1.82) is 0 Å². The number of unbranched alkanes of at least 4 members (excludes halogenated alkanes) is 3. The molecule has 1 aliphatic heterocycles. The second kappa shape index (κ2) is 9.24. The van der Waals surface area contributed by atoms with Crippen LogP contribution in [0.2, 0.25) is 0 Å². The summed E-state index contributed by atoms with van der Waals surface area (Å²) in [6.07, 6.45) is 6.47. The SMILES string of the molecule is C[C@H]1C[C@H](C)CN(CCCCCCOc2cccc3ccccc23)C1. The van der Waals surface area contributed by atoms with Crippen LogP contribution in [0.1, 0.15) is 46.0 Å². The highest BCUT2D eigenvalue weighted by atomic mass is 16.5. The van der Waals surface area contributed by atoms with E-state index in [4.69, 9.17) is 4.74 Å². The Kier molecular flexibility index (Phi) is 6.75. The third-order valence-corrected chi connectivity index (χ3v) is 5.32. The normalized spacial score (nSPS) is 21.5. The fourth-order valence-corrected chi connectivity index (χ4v) is 4.27. The summed E-state index contributed by atoms with van der Waals surface area (Å²) in [7, 11) is 0. The van der Waals surface area contributed by atoms with Gasteiger partial charge >= 0.3 is 0 Å². The molecule has 0 saturated carbocycles. The van der Waals surface area contributed by atoms with Gasteiger partial charge in [0.25, 0.3) is 0 Å². The molecule has 0 aromatic heterocycles. The Hall–Kier alpha value is -1.54. The summed E-state index contributed by atoms with van der Waals surface area (Å²) in [4.78, 5) is 2.67. The van der Waals surface area contributed by atoms with E-state index in [-0.39, 0.29) is 0 Å². The van der Waals surface area contributed by atoms with Crippen LogP contribution in [0.3, 0.4) is 0 Å². The largest absolute Gasteiger partial charge is 0.493 e. The molecule has 136 valence electrons. The maximum Gasteiger partial charge on any atom is 0.127 e. The van der Waals surface area contributed by atoms with Crippen LogP contribution in [0, 0.1) is 11.8 Å². The molecule has 1 fully saturated rings. The molecule has 3 rings (SSSR count). The van der Waals surface area contributed by atoms with Crippen LogP contribution in [-0.4, -0.2) is 31.1 Å². The summed E-state index contributed by atoms with van der Waals surface area (Å²) in [5, 5.41) is 2.48. The number of benzene rings is 2. The summed E-state index contributed by atoms with van der Waals surface area (Å²) in [6.45, 7) is 9.49. The van der Waals surface area contributed by atoms with Crippen molar-refractivity contribution in [1.82, 2.24) is 4.90 Å². The highest BCUT2D eigenvalue weighted by Crippen LogP contribution is 2.25. The molecular weight excluding hydrogens is 306 g/mol. The lowest BCUT2D eigenvalue weighted by Crippen LogP contribution is -2.39. The molecule has 0 radical (unpaired) electrons. The predicted molar refractivity (Wildman–Crippen MR) is 107 cm³/mol. The topological polar surface area (TPSA) is 12.5 Å². The second-order valence-electron chi connectivity index (χ2n) is 7.95. The molecule has 0 N–H and O–H groups in total. The van der Waals surface area contributed by atoms with Crippen molar-refractivity contribution in [3.8, 4) is 5.75 Å². The summed E-state index contributed by atoms with van der Waals surface area (Å²) in [5.74, 6) is 2.77. The zero-order valence-electron chi connectivity index (χ0n) is 15.9. The molecule has 0 amide bonds. The van der Waals surface area contributed by atoms with Crippen LogP contribution in [0.15, 0.2) is 42.5 Å². The van der Waals surface area contributed by atoms with Gasteiger partial charge in [-0.1, -0.05) is 63.1 Å². The molecule has 0 aliphatic carbocycles. The third kappa shape index (κ3) is 5.47. The minimum atomic E-state index is 0.825. The van der Waals surface area contributed by atoms with Crippen molar-refractivity contribution in [2.45, 2.75) is 46.0 Å². The van der Waals surface area contributed by atoms with E-state index >= 15 is 0 Å². The van der Waals surface area contributed by atoms with Crippen LogP contribution >= 0.6 is 0 Å². The van der Waals surface area contributed by atoms with Gasteiger partial charge in [0.05, 0.1) is 6.61 Å². The van der Waals surface area contributed by atoms with Gasteiger partial charge in [-0.15, -0.1) is 0 Å². The van der Waals surface area contributed by atoms with E-state index in [9.17, 15) is 0 Å². The van der Waals surface area contributed by atoms with Gasteiger partial charge in [-0.3, -0.25) is 0 Å². The first-order valence-electron chi connectivity index (χ1n) is 10.1. The standard InChI is InChI=1S/C23H33NO/c1-19-16-20(2)18-24(17-19)14-7-3-4-8-15-25-23-13-9-11-21-10-5-6-12-22(21)23/h5-6,9-13,19-20H,3-4,7-8,14-18H2,1-2H3/t19-,20-/m0/s1. The van der Waals surface area contributed by atoms with Crippen LogP contribution in [-0.2, 0) is 0 Å². The zero-order valence-corrected chi connectivity index (χ0v) is 15.9. The molecule has 2 aromatic carbocycles. The van der Waals surface area contributed by atoms with Crippen molar-refractivity contribution in [3.05, 3.63) is 42.5 Å². The van der Waals surface area contributed by atoms with Gasteiger partial charge in [-0.05, 0) is 49.1 Å². The van der Waals surface area contributed by atoms with Crippen molar-refractivity contribution < 1.29 is 4.74 Å². The molecule has 0 bridgehead atoms. The maximum absolute atomic E-state index is 6.03. The number of fused-ring (bicyclic) bond motifs is 1. The molecule has 0 unspecified atom stereocenters. The Morgan fingerprint density at radius 3 is 2.44 bits per heavy atom. The van der Waals surface area contributed by atoms with E-state index in [1.165, 1.54) is 56.1 Å². The van der Waals surface area contributed by atoms with Gasteiger partial charge in [-0.25, -0.2) is 0 Å². The summed E-state index contributed by atoms with van der Waals surface area (Å²) < 4.78 is 6.03. The molecule has 1 saturated heterocycles. The van der Waals surface area contributed by atoms with Gasteiger partial charge in [0, 0.05) is 18.5 Å². The first-order chi connectivity index (χ1) is 12.2. The molecule has 0 spiro atoms. The Bertz CT molecular complexity index is 638. The van der Waals surface area contributed by atoms with Crippen LogP contribution in [0.4, 0.5) is 0 Å². The lowest BCUT2D eigenvalue weighted by atomic mass is 9.92. The molecule has 2 heteroatoms. The lowest BCUT2D eigenvalue weighted by Gasteiger charge is -2.34. The Balaban J connectivity index is 1.31. The average molecular weight is 340 g/mol. The monoisotopic (exact) mass is 339 g/mol. The molecule has 2 nitrogen and oxygen atoms in total. The number of piperidine rings is 1. The van der Waals surface area contributed by atoms with Gasteiger partial charge in [-0.2, -0.15) is 0 Å². The third-order valence-electron chi connectivity index (χ3n) is 5.32. The van der Waals surface area contributed by atoms with Crippen LogP contribution in [0.5, 0.6) is 5.75 Å². The first-order valence-corrected chi connectivity index (χ1v) is 10.1. The number of ether oxygens (including phenoxy) is 1. The molecular formula is C23H33NO. The highest BCUT2D eigenvalue weighted by molar-refractivity contribution is 5.88. The van der Waals surface area contributed by atoms with E-state index in [1.807, 2.05) is 0 Å². The highest BCUT2D eigenvalue weighted by Gasteiger charge is 2.20. The Morgan fingerprint density at radius 1 is 0.880 bits per heavy atom. The lowest BCUT2D eigenvalue weighted by molar-refractivity contribution is 0.138. The van der Waals surface area contributed by atoms with Crippen molar-refractivity contribution in [3.63, 3.8) is 0 Å².